The Balaban J connectivity index is 1.48. The van der Waals surface area contributed by atoms with Crippen molar-refractivity contribution >= 4 is 23.2 Å². The number of aryl methyl sites for hydroxylation is 1. The first-order valence-electron chi connectivity index (χ1n) is 8.02. The van der Waals surface area contributed by atoms with Gasteiger partial charge >= 0.3 is 0 Å². The molecule has 0 atom stereocenters. The molecule has 3 rings (SSSR count). The van der Waals surface area contributed by atoms with E-state index in [-0.39, 0.29) is 0 Å². The SMILES string of the molecule is Cn1cnc(CCN=C(N)N2CCN(c3ccc(Cl)cc3)CC2)n1. The Bertz CT molecular complexity index is 687. The minimum atomic E-state index is 0.599. The molecular weight excluding hydrogens is 326 g/mol. The summed E-state index contributed by atoms with van der Waals surface area (Å²) in [6.07, 6.45) is 2.39. The van der Waals surface area contributed by atoms with Gasteiger partial charge in [0.05, 0.1) is 0 Å². The van der Waals surface area contributed by atoms with E-state index in [1.807, 2.05) is 19.2 Å². The summed E-state index contributed by atoms with van der Waals surface area (Å²) < 4.78 is 1.69. The second-order valence-electron chi connectivity index (χ2n) is 5.77. The van der Waals surface area contributed by atoms with E-state index < -0.39 is 0 Å². The Morgan fingerprint density at radius 2 is 1.92 bits per heavy atom. The molecule has 2 aromatic rings. The van der Waals surface area contributed by atoms with Crippen molar-refractivity contribution in [3.8, 4) is 0 Å². The average molecular weight is 348 g/mol. The third-order valence-electron chi connectivity index (χ3n) is 4.05. The Hall–Kier alpha value is -2.28. The number of halogens is 1. The van der Waals surface area contributed by atoms with Crippen molar-refractivity contribution < 1.29 is 0 Å². The molecule has 128 valence electrons. The summed E-state index contributed by atoms with van der Waals surface area (Å²) in [5.74, 6) is 1.39. The molecule has 0 unspecified atom stereocenters. The molecule has 0 aliphatic carbocycles. The van der Waals surface area contributed by atoms with E-state index >= 15 is 0 Å². The number of hydrogen-bond acceptors (Lipinski definition) is 4. The molecule has 24 heavy (non-hydrogen) atoms. The lowest BCUT2D eigenvalue weighted by atomic mass is 10.2. The van der Waals surface area contributed by atoms with Crippen molar-refractivity contribution in [1.29, 1.82) is 0 Å². The minimum Gasteiger partial charge on any atom is -0.370 e. The second kappa shape index (κ2) is 7.53. The van der Waals surface area contributed by atoms with E-state index in [9.17, 15) is 0 Å². The van der Waals surface area contributed by atoms with Gasteiger partial charge in [-0.25, -0.2) is 4.98 Å². The number of piperazine rings is 1. The lowest BCUT2D eigenvalue weighted by Crippen LogP contribution is -2.51. The van der Waals surface area contributed by atoms with Crippen LogP contribution in [-0.4, -0.2) is 58.3 Å². The quantitative estimate of drug-likeness (QED) is 0.663. The van der Waals surface area contributed by atoms with Gasteiger partial charge in [0, 0.05) is 56.9 Å². The standard InChI is InChI=1S/C16H22ClN7/c1-22-12-20-15(21-22)6-7-19-16(18)24-10-8-23(9-11-24)14-4-2-13(17)3-5-14/h2-5,12H,6-11H2,1H3,(H2,18,19). The van der Waals surface area contributed by atoms with Crippen LogP contribution in [0.1, 0.15) is 5.82 Å². The molecule has 8 heteroatoms. The first-order chi connectivity index (χ1) is 11.6. The third-order valence-corrected chi connectivity index (χ3v) is 4.30. The number of nitrogens with two attached hydrogens (primary N) is 1. The molecule has 1 aliphatic rings. The molecule has 0 amide bonds. The van der Waals surface area contributed by atoms with Crippen LogP contribution in [-0.2, 0) is 13.5 Å². The average Bonchev–Trinajstić information content (AvgIpc) is 3.01. The molecular formula is C16H22ClN7. The predicted octanol–water partition coefficient (Wildman–Crippen LogP) is 1.15. The summed E-state index contributed by atoms with van der Waals surface area (Å²) in [4.78, 5) is 13.1. The summed E-state index contributed by atoms with van der Waals surface area (Å²) in [7, 11) is 1.86. The second-order valence-corrected chi connectivity index (χ2v) is 6.21. The van der Waals surface area contributed by atoms with Gasteiger partial charge in [0.2, 0.25) is 0 Å². The van der Waals surface area contributed by atoms with Crippen LogP contribution in [0, 0.1) is 0 Å². The van der Waals surface area contributed by atoms with Crippen LogP contribution in [0.4, 0.5) is 5.69 Å². The predicted molar refractivity (Wildman–Crippen MR) is 96.4 cm³/mol. The topological polar surface area (TPSA) is 75.6 Å². The molecule has 7 nitrogen and oxygen atoms in total. The molecule has 0 bridgehead atoms. The zero-order chi connectivity index (χ0) is 16.9. The number of rotatable bonds is 4. The molecule has 1 aliphatic heterocycles. The highest BCUT2D eigenvalue weighted by molar-refractivity contribution is 6.30. The zero-order valence-corrected chi connectivity index (χ0v) is 14.5. The van der Waals surface area contributed by atoms with E-state index in [0.717, 1.165) is 37.0 Å². The fraction of sp³-hybridized carbons (Fsp3) is 0.438. The first-order valence-corrected chi connectivity index (χ1v) is 8.39. The van der Waals surface area contributed by atoms with Crippen molar-refractivity contribution in [1.82, 2.24) is 19.7 Å². The van der Waals surface area contributed by atoms with Crippen LogP contribution in [0.25, 0.3) is 0 Å². The van der Waals surface area contributed by atoms with Crippen LogP contribution < -0.4 is 10.6 Å². The molecule has 1 fully saturated rings. The van der Waals surface area contributed by atoms with Crippen molar-refractivity contribution in [3.05, 3.63) is 41.4 Å². The van der Waals surface area contributed by atoms with Crippen LogP contribution >= 0.6 is 11.6 Å². The fourth-order valence-corrected chi connectivity index (χ4v) is 2.84. The van der Waals surface area contributed by atoms with E-state index in [2.05, 4.69) is 37.0 Å². The van der Waals surface area contributed by atoms with Crippen molar-refractivity contribution in [2.75, 3.05) is 37.6 Å². The first kappa shape index (κ1) is 16.6. The monoisotopic (exact) mass is 347 g/mol. The van der Waals surface area contributed by atoms with E-state index in [1.165, 1.54) is 5.69 Å². The van der Waals surface area contributed by atoms with Gasteiger partial charge < -0.3 is 15.5 Å². The smallest absolute Gasteiger partial charge is 0.191 e. The van der Waals surface area contributed by atoms with Crippen LogP contribution in [0.3, 0.4) is 0 Å². The maximum absolute atomic E-state index is 6.12. The molecule has 0 radical (unpaired) electrons. The maximum Gasteiger partial charge on any atom is 0.191 e. The number of aliphatic imine (C=N–C) groups is 1. The number of aromatic nitrogens is 3. The maximum atomic E-state index is 6.12. The molecule has 2 N–H and O–H groups in total. The van der Waals surface area contributed by atoms with Crippen LogP contribution in [0.15, 0.2) is 35.6 Å². The number of anilines is 1. The van der Waals surface area contributed by atoms with Crippen LogP contribution in [0.5, 0.6) is 0 Å². The molecule has 0 saturated carbocycles. The Kier molecular flexibility index (Phi) is 5.20. The number of nitrogens with zero attached hydrogens (tertiary/aromatic N) is 6. The van der Waals surface area contributed by atoms with Gasteiger partial charge in [-0.1, -0.05) is 11.6 Å². The number of benzene rings is 1. The summed E-state index contributed by atoms with van der Waals surface area (Å²) in [6, 6.07) is 7.94. The summed E-state index contributed by atoms with van der Waals surface area (Å²) in [5, 5.41) is 5.00. The van der Waals surface area contributed by atoms with Crippen molar-refractivity contribution in [2.24, 2.45) is 17.8 Å². The largest absolute Gasteiger partial charge is 0.370 e. The summed E-state index contributed by atoms with van der Waals surface area (Å²) in [6.45, 7) is 4.16. The molecule has 2 heterocycles. The fourth-order valence-electron chi connectivity index (χ4n) is 2.71. The van der Waals surface area contributed by atoms with Crippen molar-refractivity contribution in [2.45, 2.75) is 6.42 Å². The van der Waals surface area contributed by atoms with E-state index in [1.54, 1.807) is 11.0 Å². The van der Waals surface area contributed by atoms with Gasteiger partial charge in [0.15, 0.2) is 11.8 Å². The zero-order valence-electron chi connectivity index (χ0n) is 13.8. The lowest BCUT2D eigenvalue weighted by Gasteiger charge is -2.36. The molecule has 0 spiro atoms. The summed E-state index contributed by atoms with van der Waals surface area (Å²) in [5.41, 5.74) is 7.31. The highest BCUT2D eigenvalue weighted by Crippen LogP contribution is 2.19. The Labute approximate surface area is 146 Å². The molecule has 1 saturated heterocycles. The Morgan fingerprint density at radius 1 is 1.21 bits per heavy atom. The number of guanidine groups is 1. The molecule has 1 aromatic heterocycles. The van der Waals surface area contributed by atoms with Gasteiger partial charge in [0.25, 0.3) is 0 Å². The molecule has 1 aromatic carbocycles. The van der Waals surface area contributed by atoms with E-state index in [4.69, 9.17) is 17.3 Å². The number of hydrogen-bond donors (Lipinski definition) is 1. The van der Waals surface area contributed by atoms with E-state index in [0.29, 0.717) is 18.9 Å². The lowest BCUT2D eigenvalue weighted by molar-refractivity contribution is 0.381. The van der Waals surface area contributed by atoms with Crippen molar-refractivity contribution in [3.63, 3.8) is 0 Å². The highest BCUT2D eigenvalue weighted by Gasteiger charge is 2.18. The summed E-state index contributed by atoms with van der Waals surface area (Å²) >= 11 is 5.94. The van der Waals surface area contributed by atoms with Gasteiger partial charge in [-0.05, 0) is 24.3 Å². The van der Waals surface area contributed by atoms with Gasteiger partial charge in [-0.2, -0.15) is 5.10 Å². The minimum absolute atomic E-state index is 0.599. The highest BCUT2D eigenvalue weighted by atomic mass is 35.5. The third kappa shape index (κ3) is 4.17. The van der Waals surface area contributed by atoms with Gasteiger partial charge in [0.1, 0.15) is 6.33 Å². The van der Waals surface area contributed by atoms with Gasteiger partial charge in [-0.3, -0.25) is 9.67 Å². The normalized spacial score (nSPS) is 15.8. The van der Waals surface area contributed by atoms with Crippen LogP contribution in [0.2, 0.25) is 5.02 Å². The van der Waals surface area contributed by atoms with Gasteiger partial charge in [-0.15, -0.1) is 0 Å². The Morgan fingerprint density at radius 3 is 2.54 bits per heavy atom.